The van der Waals surface area contributed by atoms with E-state index in [9.17, 15) is 4.79 Å². The summed E-state index contributed by atoms with van der Waals surface area (Å²) in [5, 5.41) is 0. The zero-order valence-corrected chi connectivity index (χ0v) is 14.5. The molecule has 4 rings (SSSR count). The average molecular weight is 339 g/mol. The van der Waals surface area contributed by atoms with Crippen LogP contribution in [-0.4, -0.2) is 44.7 Å². The maximum absolute atomic E-state index is 13.0. The largest absolute Gasteiger partial charge is 0.497 e. The van der Waals surface area contributed by atoms with E-state index < -0.39 is 0 Å². The van der Waals surface area contributed by atoms with Crippen LogP contribution in [0.2, 0.25) is 0 Å². The van der Waals surface area contributed by atoms with Gasteiger partial charge in [-0.05, 0) is 24.6 Å². The molecule has 1 atom stereocenters. The van der Waals surface area contributed by atoms with E-state index in [1.54, 1.807) is 32.4 Å². The first-order chi connectivity index (χ1) is 12.2. The van der Waals surface area contributed by atoms with Crippen LogP contribution in [0.15, 0.2) is 42.5 Å². The summed E-state index contributed by atoms with van der Waals surface area (Å²) in [5.41, 5.74) is 1.69. The van der Waals surface area contributed by atoms with Crippen LogP contribution in [0.1, 0.15) is 22.3 Å². The summed E-state index contributed by atoms with van der Waals surface area (Å²) in [6.07, 6.45) is 0.911. The third kappa shape index (κ3) is 2.51. The lowest BCUT2D eigenvalue weighted by molar-refractivity contribution is 0.0777. The molecule has 2 aliphatic heterocycles. The van der Waals surface area contributed by atoms with Gasteiger partial charge in [0, 0.05) is 24.7 Å². The number of carbonyl (C=O) groups is 1. The fourth-order valence-electron chi connectivity index (χ4n) is 3.85. The average Bonchev–Trinajstić information content (AvgIpc) is 3.26. The Morgan fingerprint density at radius 3 is 2.80 bits per heavy atom. The fraction of sp³-hybridized carbons (Fsp3) is 0.350. The molecule has 0 bridgehead atoms. The molecular weight excluding hydrogens is 318 g/mol. The Hall–Kier alpha value is -2.69. The second kappa shape index (κ2) is 5.99. The Bertz CT molecular complexity index is 819. The molecular formula is C20H21NO4. The number of hydrogen-bond donors (Lipinski definition) is 0. The van der Waals surface area contributed by atoms with Gasteiger partial charge in [0.05, 0.1) is 31.8 Å². The molecule has 2 heterocycles. The molecule has 1 fully saturated rings. The Labute approximate surface area is 147 Å². The number of ether oxygens (including phenoxy) is 3. The van der Waals surface area contributed by atoms with Gasteiger partial charge in [0.15, 0.2) is 0 Å². The molecule has 130 valence electrons. The number of nitrogens with zero attached hydrogens (tertiary/aromatic N) is 1. The van der Waals surface area contributed by atoms with Crippen LogP contribution in [-0.2, 0) is 5.41 Å². The molecule has 0 saturated carbocycles. The lowest BCUT2D eigenvalue weighted by Gasteiger charge is -2.23. The second-order valence-electron chi connectivity index (χ2n) is 6.61. The van der Waals surface area contributed by atoms with Crippen molar-refractivity contribution in [3.63, 3.8) is 0 Å². The minimum absolute atomic E-state index is 0.0132. The first-order valence-corrected chi connectivity index (χ1v) is 8.40. The summed E-state index contributed by atoms with van der Waals surface area (Å²) < 4.78 is 16.5. The van der Waals surface area contributed by atoms with Crippen LogP contribution in [0.5, 0.6) is 17.2 Å². The van der Waals surface area contributed by atoms with Gasteiger partial charge in [-0.3, -0.25) is 4.79 Å². The van der Waals surface area contributed by atoms with Gasteiger partial charge < -0.3 is 19.1 Å². The highest BCUT2D eigenvalue weighted by Gasteiger charge is 2.47. The SMILES string of the molecule is COc1ccc(C(=O)N2CCC3(COc4ccccc43)C2)c(OC)c1. The molecule has 0 radical (unpaired) electrons. The van der Waals surface area contributed by atoms with E-state index in [2.05, 4.69) is 6.07 Å². The van der Waals surface area contributed by atoms with Gasteiger partial charge in [0.1, 0.15) is 17.2 Å². The fourth-order valence-corrected chi connectivity index (χ4v) is 3.85. The molecule has 1 unspecified atom stereocenters. The third-order valence-corrected chi connectivity index (χ3v) is 5.24. The van der Waals surface area contributed by atoms with Gasteiger partial charge in [-0.2, -0.15) is 0 Å². The first kappa shape index (κ1) is 15.8. The molecule has 0 aliphatic carbocycles. The summed E-state index contributed by atoms with van der Waals surface area (Å²) in [6, 6.07) is 13.4. The van der Waals surface area contributed by atoms with E-state index in [1.807, 2.05) is 23.1 Å². The van der Waals surface area contributed by atoms with Gasteiger partial charge in [-0.1, -0.05) is 18.2 Å². The van der Waals surface area contributed by atoms with Gasteiger partial charge >= 0.3 is 0 Å². The predicted octanol–water partition coefficient (Wildman–Crippen LogP) is 2.88. The lowest BCUT2D eigenvalue weighted by Crippen LogP contribution is -2.35. The first-order valence-electron chi connectivity index (χ1n) is 8.40. The Balaban J connectivity index is 1.60. The van der Waals surface area contributed by atoms with Crippen molar-refractivity contribution in [2.45, 2.75) is 11.8 Å². The van der Waals surface area contributed by atoms with E-state index in [0.717, 1.165) is 12.2 Å². The highest BCUT2D eigenvalue weighted by atomic mass is 16.5. The summed E-state index contributed by atoms with van der Waals surface area (Å²) >= 11 is 0. The van der Waals surface area contributed by atoms with Crippen molar-refractivity contribution < 1.29 is 19.0 Å². The van der Waals surface area contributed by atoms with Crippen molar-refractivity contribution >= 4 is 5.91 Å². The number of para-hydroxylation sites is 1. The molecule has 5 nitrogen and oxygen atoms in total. The van der Waals surface area contributed by atoms with E-state index in [4.69, 9.17) is 14.2 Å². The standard InChI is InChI=1S/C20H21NO4/c1-23-14-7-8-15(18(11-14)24-2)19(22)21-10-9-20(12-21)13-25-17-6-4-3-5-16(17)20/h3-8,11H,9-10,12-13H2,1-2H3. The van der Waals surface area contributed by atoms with Crippen LogP contribution in [0, 0.1) is 0 Å². The predicted molar refractivity (Wildman–Crippen MR) is 93.7 cm³/mol. The Morgan fingerprint density at radius 2 is 2.00 bits per heavy atom. The van der Waals surface area contributed by atoms with Gasteiger partial charge in [0.25, 0.3) is 5.91 Å². The molecule has 2 aromatic rings. The topological polar surface area (TPSA) is 48.0 Å². The summed E-state index contributed by atoms with van der Waals surface area (Å²) in [5.74, 6) is 2.14. The zero-order valence-electron chi connectivity index (χ0n) is 14.5. The van der Waals surface area contributed by atoms with Crippen molar-refractivity contribution in [2.75, 3.05) is 33.9 Å². The summed E-state index contributed by atoms with van der Waals surface area (Å²) in [7, 11) is 3.16. The monoisotopic (exact) mass is 339 g/mol. The van der Waals surface area contributed by atoms with E-state index in [0.29, 0.717) is 36.8 Å². The van der Waals surface area contributed by atoms with Gasteiger partial charge in [0.2, 0.25) is 0 Å². The second-order valence-corrected chi connectivity index (χ2v) is 6.61. The van der Waals surface area contributed by atoms with Crippen molar-refractivity contribution in [1.82, 2.24) is 4.90 Å². The van der Waals surface area contributed by atoms with Crippen LogP contribution >= 0.6 is 0 Å². The maximum Gasteiger partial charge on any atom is 0.257 e. The van der Waals surface area contributed by atoms with Crippen molar-refractivity contribution in [2.24, 2.45) is 0 Å². The van der Waals surface area contributed by atoms with Crippen molar-refractivity contribution in [3.8, 4) is 17.2 Å². The van der Waals surface area contributed by atoms with Crippen molar-refractivity contribution in [1.29, 1.82) is 0 Å². The minimum Gasteiger partial charge on any atom is -0.497 e. The molecule has 2 aromatic carbocycles. The Kier molecular flexibility index (Phi) is 3.79. The molecule has 1 saturated heterocycles. The van der Waals surface area contributed by atoms with E-state index in [-0.39, 0.29) is 11.3 Å². The molecule has 25 heavy (non-hydrogen) atoms. The van der Waals surface area contributed by atoms with Gasteiger partial charge in [-0.25, -0.2) is 0 Å². The number of carbonyl (C=O) groups excluding carboxylic acids is 1. The summed E-state index contributed by atoms with van der Waals surface area (Å²) in [6.45, 7) is 2.01. The number of methoxy groups -OCH3 is 2. The number of likely N-dealkylation sites (tertiary alicyclic amines) is 1. The van der Waals surface area contributed by atoms with Gasteiger partial charge in [-0.15, -0.1) is 0 Å². The highest BCUT2D eigenvalue weighted by molar-refractivity contribution is 5.97. The molecule has 1 spiro atoms. The number of fused-ring (bicyclic) bond motifs is 2. The smallest absolute Gasteiger partial charge is 0.257 e. The number of hydrogen-bond acceptors (Lipinski definition) is 4. The van der Waals surface area contributed by atoms with Crippen LogP contribution < -0.4 is 14.2 Å². The van der Waals surface area contributed by atoms with Crippen molar-refractivity contribution in [3.05, 3.63) is 53.6 Å². The number of rotatable bonds is 3. The summed E-state index contributed by atoms with van der Waals surface area (Å²) in [4.78, 5) is 14.9. The minimum atomic E-state index is -0.0913. The van der Waals surface area contributed by atoms with E-state index in [1.165, 1.54) is 5.56 Å². The molecule has 0 N–H and O–H groups in total. The number of amides is 1. The Morgan fingerprint density at radius 1 is 1.16 bits per heavy atom. The quantitative estimate of drug-likeness (QED) is 0.863. The van der Waals surface area contributed by atoms with Crippen LogP contribution in [0.3, 0.4) is 0 Å². The molecule has 2 aliphatic rings. The normalized spacial score (nSPS) is 21.1. The highest BCUT2D eigenvalue weighted by Crippen LogP contribution is 2.45. The maximum atomic E-state index is 13.0. The lowest BCUT2D eigenvalue weighted by atomic mass is 9.82. The van der Waals surface area contributed by atoms with E-state index >= 15 is 0 Å². The van der Waals surface area contributed by atoms with Crippen LogP contribution in [0.4, 0.5) is 0 Å². The number of benzene rings is 2. The molecule has 1 amide bonds. The third-order valence-electron chi connectivity index (χ3n) is 5.24. The molecule has 0 aromatic heterocycles. The van der Waals surface area contributed by atoms with Crippen LogP contribution in [0.25, 0.3) is 0 Å². The zero-order chi connectivity index (χ0) is 17.4. The molecule has 5 heteroatoms.